The molecule has 0 aliphatic carbocycles. The summed E-state index contributed by atoms with van der Waals surface area (Å²) in [4.78, 5) is 25.2. The van der Waals surface area contributed by atoms with Gasteiger partial charge in [-0.2, -0.15) is 5.26 Å². The van der Waals surface area contributed by atoms with Crippen LogP contribution in [0.1, 0.15) is 49.2 Å². The lowest BCUT2D eigenvalue weighted by Crippen LogP contribution is -3.11. The molecule has 0 bridgehead atoms. The summed E-state index contributed by atoms with van der Waals surface area (Å²) in [6.45, 7) is 13.6. The third-order valence-corrected chi connectivity index (χ3v) is 4.45. The van der Waals surface area contributed by atoms with Gasteiger partial charge in [-0.1, -0.05) is 17.7 Å². The van der Waals surface area contributed by atoms with Crippen molar-refractivity contribution in [2.45, 2.75) is 34.6 Å². The molecule has 0 saturated heterocycles. The van der Waals surface area contributed by atoms with Crippen molar-refractivity contribution in [3.05, 3.63) is 57.4 Å². The highest BCUT2D eigenvalue weighted by molar-refractivity contribution is 5.96. The van der Waals surface area contributed by atoms with E-state index in [2.05, 4.69) is 20.8 Å². The molecular weight excluding hydrogens is 342 g/mol. The van der Waals surface area contributed by atoms with Gasteiger partial charge in [-0.25, -0.2) is 0 Å². The van der Waals surface area contributed by atoms with Gasteiger partial charge in [0.1, 0.15) is 11.6 Å². The minimum atomic E-state index is -0.716. The van der Waals surface area contributed by atoms with Gasteiger partial charge in [0, 0.05) is 11.3 Å². The molecule has 0 aliphatic heterocycles. The number of Topliss-reactive ketones (excluding diaryl/α,β-unsaturated/α-hetero) is 1. The number of quaternary nitrogens is 1. The van der Waals surface area contributed by atoms with Crippen LogP contribution in [0, 0.1) is 18.3 Å². The fraction of sp³-hybridized carbons (Fsp3) is 0.381. The van der Waals surface area contributed by atoms with E-state index in [0.717, 1.165) is 16.2 Å². The van der Waals surface area contributed by atoms with Crippen molar-refractivity contribution in [3.63, 3.8) is 0 Å². The van der Waals surface area contributed by atoms with Crippen molar-refractivity contribution in [2.24, 2.45) is 0 Å². The molecule has 0 aliphatic rings. The quantitative estimate of drug-likeness (QED) is 0.803. The van der Waals surface area contributed by atoms with Crippen LogP contribution < -0.4 is 15.6 Å². The minimum Gasteiger partial charge on any atom is -0.859 e. The Morgan fingerprint density at radius 3 is 2.04 bits per heavy atom. The number of aromatic nitrogens is 1. The Morgan fingerprint density at radius 1 is 1.15 bits per heavy atom. The average molecular weight is 369 g/mol. The molecular formula is C21H27N3O3. The highest BCUT2D eigenvalue weighted by Gasteiger charge is 2.13. The summed E-state index contributed by atoms with van der Waals surface area (Å²) < 4.78 is 0.856. The van der Waals surface area contributed by atoms with Gasteiger partial charge in [0.25, 0.3) is 5.56 Å². The molecule has 2 aromatic rings. The van der Waals surface area contributed by atoms with Crippen molar-refractivity contribution in [1.29, 1.82) is 5.26 Å². The van der Waals surface area contributed by atoms with Gasteiger partial charge >= 0.3 is 0 Å². The van der Waals surface area contributed by atoms with E-state index in [0.29, 0.717) is 5.69 Å². The van der Waals surface area contributed by atoms with Crippen LogP contribution in [0.25, 0.3) is 5.69 Å². The van der Waals surface area contributed by atoms with Crippen molar-refractivity contribution < 1.29 is 14.8 Å². The maximum absolute atomic E-state index is 12.2. The number of hydrogen-bond donors (Lipinski definition) is 1. The maximum Gasteiger partial charge on any atom is 0.272 e. The molecule has 6 heteroatoms. The number of nitrogens with zero attached hydrogens (tertiary/aromatic N) is 2. The number of carbonyl (C=O) groups is 1. The van der Waals surface area contributed by atoms with Crippen LogP contribution in [-0.4, -0.2) is 30.0 Å². The first kappa shape index (κ1) is 22.1. The van der Waals surface area contributed by atoms with Gasteiger partial charge in [0.2, 0.25) is 0 Å². The number of nitriles is 1. The standard InChI is InChI=1S/C15H12N2O3.C6H15N/c1-9-3-5-12(6-4-9)17-14(19)11(8-16)7-13(10(2)18)15(17)20;1-4-7(5-2)6-3/h3-7,20H,1-2H3;4-6H2,1-3H3. The first-order chi connectivity index (χ1) is 12.8. The van der Waals surface area contributed by atoms with E-state index in [-0.39, 0.29) is 11.1 Å². The SMILES string of the molecule is CC(=O)c1cc(C#N)c(=O)n(-c2ccc(C)cc2)c1[O-].CC[NH+](CC)CC. The Kier molecular flexibility index (Phi) is 8.43. The van der Waals surface area contributed by atoms with Gasteiger partial charge in [-0.05, 0) is 58.7 Å². The number of ketones is 1. The lowest BCUT2D eigenvalue weighted by Gasteiger charge is -2.20. The van der Waals surface area contributed by atoms with E-state index < -0.39 is 17.2 Å². The molecule has 27 heavy (non-hydrogen) atoms. The van der Waals surface area contributed by atoms with Gasteiger partial charge in [0.15, 0.2) is 5.78 Å². The van der Waals surface area contributed by atoms with Crippen molar-refractivity contribution in [1.82, 2.24) is 4.57 Å². The summed E-state index contributed by atoms with van der Waals surface area (Å²) in [6, 6.07) is 9.46. The summed E-state index contributed by atoms with van der Waals surface area (Å²) in [7, 11) is 0. The maximum atomic E-state index is 12.2. The highest BCUT2D eigenvalue weighted by Crippen LogP contribution is 2.18. The van der Waals surface area contributed by atoms with E-state index in [1.165, 1.54) is 26.6 Å². The zero-order valence-corrected chi connectivity index (χ0v) is 16.6. The number of rotatable bonds is 5. The molecule has 0 spiro atoms. The van der Waals surface area contributed by atoms with Crippen LogP contribution in [0.15, 0.2) is 35.1 Å². The molecule has 0 saturated carbocycles. The predicted molar refractivity (Wildman–Crippen MR) is 104 cm³/mol. The molecule has 1 heterocycles. The second-order valence-corrected chi connectivity index (χ2v) is 6.23. The smallest absolute Gasteiger partial charge is 0.272 e. The number of benzene rings is 1. The number of carbonyl (C=O) groups excluding carboxylic acids is 1. The van der Waals surface area contributed by atoms with Crippen LogP contribution in [-0.2, 0) is 0 Å². The van der Waals surface area contributed by atoms with Gasteiger partial charge in [-0.15, -0.1) is 0 Å². The Morgan fingerprint density at radius 2 is 1.67 bits per heavy atom. The van der Waals surface area contributed by atoms with E-state index in [1.54, 1.807) is 35.2 Å². The normalized spacial score (nSPS) is 10.1. The Labute approximate surface area is 160 Å². The first-order valence-electron chi connectivity index (χ1n) is 9.09. The molecule has 1 aromatic heterocycles. The molecule has 0 amide bonds. The van der Waals surface area contributed by atoms with Crippen molar-refractivity contribution in [3.8, 4) is 17.6 Å². The summed E-state index contributed by atoms with van der Waals surface area (Å²) in [5.41, 5.74) is 0.200. The third-order valence-electron chi connectivity index (χ3n) is 4.45. The summed E-state index contributed by atoms with van der Waals surface area (Å²) in [5.74, 6) is -1.18. The number of hydrogen-bond acceptors (Lipinski definition) is 4. The van der Waals surface area contributed by atoms with E-state index in [1.807, 2.05) is 6.92 Å². The fourth-order valence-corrected chi connectivity index (χ4v) is 2.61. The molecule has 0 radical (unpaired) electrons. The summed E-state index contributed by atoms with van der Waals surface area (Å²) in [5, 5.41) is 21.2. The molecule has 6 nitrogen and oxygen atoms in total. The third kappa shape index (κ3) is 5.53. The van der Waals surface area contributed by atoms with E-state index in [9.17, 15) is 14.7 Å². The van der Waals surface area contributed by atoms with Crippen LogP contribution in [0.5, 0.6) is 5.88 Å². The zero-order chi connectivity index (χ0) is 20.6. The average Bonchev–Trinajstić information content (AvgIpc) is 2.65. The lowest BCUT2D eigenvalue weighted by molar-refractivity contribution is -0.894. The topological polar surface area (TPSA) is 90.4 Å². The monoisotopic (exact) mass is 369 g/mol. The summed E-state index contributed by atoms with van der Waals surface area (Å²) in [6.07, 6.45) is 0. The number of pyridine rings is 1. The van der Waals surface area contributed by atoms with Gasteiger partial charge in [0.05, 0.1) is 19.6 Å². The number of nitrogens with one attached hydrogen (secondary N) is 1. The van der Waals surface area contributed by atoms with E-state index >= 15 is 0 Å². The fourth-order valence-electron chi connectivity index (χ4n) is 2.61. The van der Waals surface area contributed by atoms with E-state index in [4.69, 9.17) is 5.26 Å². The Balaban J connectivity index is 0.000000445. The molecule has 0 fully saturated rings. The van der Waals surface area contributed by atoms with Crippen molar-refractivity contribution >= 4 is 5.78 Å². The largest absolute Gasteiger partial charge is 0.859 e. The second-order valence-electron chi connectivity index (χ2n) is 6.23. The van der Waals surface area contributed by atoms with Crippen LogP contribution >= 0.6 is 0 Å². The molecule has 0 atom stereocenters. The van der Waals surface area contributed by atoms with Crippen LogP contribution in [0.3, 0.4) is 0 Å². The molecule has 0 unspecified atom stereocenters. The second kappa shape index (κ2) is 10.3. The van der Waals surface area contributed by atoms with Crippen molar-refractivity contribution in [2.75, 3.05) is 19.6 Å². The molecule has 2 rings (SSSR count). The Hall–Kier alpha value is -2.91. The summed E-state index contributed by atoms with van der Waals surface area (Å²) >= 11 is 0. The lowest BCUT2D eigenvalue weighted by atomic mass is 10.1. The van der Waals surface area contributed by atoms with Gasteiger partial charge < -0.3 is 10.0 Å². The van der Waals surface area contributed by atoms with Gasteiger partial charge in [-0.3, -0.25) is 14.2 Å². The van der Waals surface area contributed by atoms with Crippen LogP contribution in [0.2, 0.25) is 0 Å². The zero-order valence-electron chi connectivity index (χ0n) is 16.6. The predicted octanol–water partition coefficient (Wildman–Crippen LogP) is 1.22. The van der Waals surface area contributed by atoms with Crippen LogP contribution in [0.4, 0.5) is 0 Å². The highest BCUT2D eigenvalue weighted by atomic mass is 16.3. The molecule has 1 N–H and O–H groups in total. The Bertz CT molecular complexity index is 868. The molecule has 1 aromatic carbocycles. The number of aryl methyl sites for hydroxylation is 1. The first-order valence-corrected chi connectivity index (χ1v) is 9.09. The molecule has 144 valence electrons. The minimum absolute atomic E-state index is 0.165.